The largest absolute Gasteiger partial charge is 0.476 e. The molecule has 2 rings (SSSR count). The molecule has 0 aliphatic carbocycles. The van der Waals surface area contributed by atoms with Gasteiger partial charge in [0.2, 0.25) is 5.82 Å². The fourth-order valence-electron chi connectivity index (χ4n) is 1.52. The molecule has 1 N–H and O–H groups in total. The number of benzene rings is 1. The Kier molecular flexibility index (Phi) is 3.16. The normalized spacial score (nSPS) is 10.9. The Bertz CT molecular complexity index is 699. The van der Waals surface area contributed by atoms with Crippen molar-refractivity contribution in [2.45, 2.75) is 6.92 Å². The number of aromatic carboxylic acids is 1. The van der Waals surface area contributed by atoms with Gasteiger partial charge in [0.25, 0.3) is 0 Å². The number of aromatic nitrogens is 3. The first-order valence-corrected chi connectivity index (χ1v) is 4.94. The fourth-order valence-corrected chi connectivity index (χ4v) is 1.52. The molecule has 10 heteroatoms. The van der Waals surface area contributed by atoms with Crippen LogP contribution in [-0.2, 0) is 0 Å². The summed E-state index contributed by atoms with van der Waals surface area (Å²) < 4.78 is 66.3. The minimum absolute atomic E-state index is 0.236. The predicted molar refractivity (Wildman–Crippen MR) is 52.8 cm³/mol. The zero-order valence-corrected chi connectivity index (χ0v) is 9.59. The summed E-state index contributed by atoms with van der Waals surface area (Å²) in [5, 5.41) is 14.9. The molecule has 0 amide bonds. The Morgan fingerprint density at radius 3 is 1.85 bits per heavy atom. The van der Waals surface area contributed by atoms with Gasteiger partial charge in [-0.25, -0.2) is 31.4 Å². The van der Waals surface area contributed by atoms with E-state index in [9.17, 15) is 26.7 Å². The summed E-state index contributed by atoms with van der Waals surface area (Å²) >= 11 is 0. The van der Waals surface area contributed by atoms with Gasteiger partial charge in [-0.1, -0.05) is 5.21 Å². The van der Waals surface area contributed by atoms with E-state index >= 15 is 0 Å². The third kappa shape index (κ3) is 1.80. The number of carboxylic acids is 1. The third-order valence-corrected chi connectivity index (χ3v) is 2.50. The molecule has 0 aliphatic heterocycles. The highest BCUT2D eigenvalue weighted by Gasteiger charge is 2.29. The van der Waals surface area contributed by atoms with E-state index in [0.29, 0.717) is 0 Å². The van der Waals surface area contributed by atoms with Crippen LogP contribution in [0.1, 0.15) is 16.2 Å². The van der Waals surface area contributed by atoms with E-state index in [1.54, 1.807) is 0 Å². The van der Waals surface area contributed by atoms with Crippen molar-refractivity contribution < 1.29 is 31.9 Å². The smallest absolute Gasteiger partial charge is 0.358 e. The molecule has 5 nitrogen and oxygen atoms in total. The van der Waals surface area contributed by atoms with Crippen LogP contribution >= 0.6 is 0 Å². The minimum atomic E-state index is -2.32. The van der Waals surface area contributed by atoms with Gasteiger partial charge in [0, 0.05) is 0 Å². The van der Waals surface area contributed by atoms with E-state index in [-0.39, 0.29) is 10.4 Å². The molecular formula is C10H4F5N3O2. The zero-order valence-electron chi connectivity index (χ0n) is 9.59. The van der Waals surface area contributed by atoms with Gasteiger partial charge < -0.3 is 5.11 Å². The van der Waals surface area contributed by atoms with Gasteiger partial charge in [0.15, 0.2) is 29.0 Å². The van der Waals surface area contributed by atoms with Gasteiger partial charge in [0.05, 0.1) is 5.69 Å². The topological polar surface area (TPSA) is 68.0 Å². The van der Waals surface area contributed by atoms with E-state index < -0.39 is 46.4 Å². The molecule has 106 valence electrons. The lowest BCUT2D eigenvalue weighted by molar-refractivity contribution is 0.0689. The minimum Gasteiger partial charge on any atom is -0.476 e. The number of carboxylic acid groups (broad SMARTS) is 1. The first kappa shape index (κ1) is 13.9. The van der Waals surface area contributed by atoms with Crippen LogP contribution in [0.4, 0.5) is 22.0 Å². The summed E-state index contributed by atoms with van der Waals surface area (Å²) in [6.45, 7) is 1.06. The third-order valence-electron chi connectivity index (χ3n) is 2.50. The van der Waals surface area contributed by atoms with Crippen LogP contribution in [0, 0.1) is 36.0 Å². The predicted octanol–water partition coefficient (Wildman–Crippen LogP) is 1.97. The Morgan fingerprint density at radius 1 is 1.00 bits per heavy atom. The van der Waals surface area contributed by atoms with Crippen LogP contribution in [0.2, 0.25) is 0 Å². The summed E-state index contributed by atoms with van der Waals surface area (Å²) in [6.07, 6.45) is 0. The maximum atomic E-state index is 13.5. The van der Waals surface area contributed by atoms with E-state index in [0.717, 1.165) is 6.92 Å². The van der Waals surface area contributed by atoms with Crippen molar-refractivity contribution in [3.05, 3.63) is 40.5 Å². The van der Waals surface area contributed by atoms with Crippen LogP contribution in [0.5, 0.6) is 0 Å². The molecule has 0 unspecified atom stereocenters. The second-order valence-corrected chi connectivity index (χ2v) is 3.66. The number of hydrogen-bond donors (Lipinski definition) is 1. The van der Waals surface area contributed by atoms with E-state index in [2.05, 4.69) is 10.3 Å². The molecule has 0 saturated carbocycles. The highest BCUT2D eigenvalue weighted by Crippen LogP contribution is 2.26. The van der Waals surface area contributed by atoms with Crippen LogP contribution in [0.3, 0.4) is 0 Å². The maximum absolute atomic E-state index is 13.5. The molecule has 1 heterocycles. The van der Waals surface area contributed by atoms with Crippen molar-refractivity contribution >= 4 is 5.97 Å². The van der Waals surface area contributed by atoms with Gasteiger partial charge in [-0.3, -0.25) is 0 Å². The van der Waals surface area contributed by atoms with Crippen molar-refractivity contribution in [3.63, 3.8) is 0 Å². The maximum Gasteiger partial charge on any atom is 0.358 e. The molecule has 0 bridgehead atoms. The lowest BCUT2D eigenvalue weighted by Crippen LogP contribution is -2.12. The van der Waals surface area contributed by atoms with Gasteiger partial charge in [-0.2, -0.15) is 0 Å². The van der Waals surface area contributed by atoms with Crippen LogP contribution in [0.15, 0.2) is 0 Å². The summed E-state index contributed by atoms with van der Waals surface area (Å²) in [5.41, 5.74) is -2.45. The first-order chi connectivity index (χ1) is 9.27. The van der Waals surface area contributed by atoms with Crippen molar-refractivity contribution in [3.8, 4) is 5.69 Å². The molecule has 0 radical (unpaired) electrons. The Balaban J connectivity index is 2.80. The number of rotatable bonds is 2. The van der Waals surface area contributed by atoms with Crippen LogP contribution < -0.4 is 0 Å². The molecule has 1 aromatic heterocycles. The van der Waals surface area contributed by atoms with Gasteiger partial charge in [0.1, 0.15) is 5.69 Å². The Hall–Kier alpha value is -2.52. The van der Waals surface area contributed by atoms with Crippen molar-refractivity contribution in [1.29, 1.82) is 0 Å². The van der Waals surface area contributed by atoms with Crippen molar-refractivity contribution in [2.24, 2.45) is 0 Å². The molecule has 0 atom stereocenters. The Morgan fingerprint density at radius 2 is 1.45 bits per heavy atom. The molecule has 1 aromatic carbocycles. The SMILES string of the molecule is Cc1c(C(=O)O)nnn1-c1c(F)c(F)c(F)c(F)c1F. The molecule has 0 fully saturated rings. The molecule has 0 aliphatic rings. The van der Waals surface area contributed by atoms with Crippen LogP contribution in [0.25, 0.3) is 5.69 Å². The van der Waals surface area contributed by atoms with Gasteiger partial charge >= 0.3 is 5.97 Å². The monoisotopic (exact) mass is 293 g/mol. The first-order valence-electron chi connectivity index (χ1n) is 4.94. The summed E-state index contributed by atoms with van der Waals surface area (Å²) in [6, 6.07) is 0. The van der Waals surface area contributed by atoms with Crippen LogP contribution in [-0.4, -0.2) is 26.1 Å². The number of carbonyl (C=O) groups is 1. The van der Waals surface area contributed by atoms with Gasteiger partial charge in [-0.15, -0.1) is 5.10 Å². The molecule has 2 aromatic rings. The quantitative estimate of drug-likeness (QED) is 0.522. The average Bonchev–Trinajstić information content (AvgIpc) is 2.77. The molecule has 20 heavy (non-hydrogen) atoms. The zero-order chi connectivity index (χ0) is 15.2. The number of halogens is 5. The Labute approximate surface area is 107 Å². The standard InChI is InChI=1S/C10H4F5N3O2/c1-2-8(10(19)20)16-17-18(2)9-6(14)4(12)3(11)5(13)7(9)15/h1H3,(H,19,20). The van der Waals surface area contributed by atoms with Crippen molar-refractivity contribution in [2.75, 3.05) is 0 Å². The summed E-state index contributed by atoms with van der Waals surface area (Å²) in [4.78, 5) is 10.7. The highest BCUT2D eigenvalue weighted by molar-refractivity contribution is 5.86. The average molecular weight is 293 g/mol. The number of hydrogen-bond acceptors (Lipinski definition) is 3. The van der Waals surface area contributed by atoms with E-state index in [1.807, 2.05) is 0 Å². The summed E-state index contributed by atoms with van der Waals surface area (Å²) in [7, 11) is 0. The van der Waals surface area contributed by atoms with E-state index in [1.165, 1.54) is 0 Å². The second-order valence-electron chi connectivity index (χ2n) is 3.66. The van der Waals surface area contributed by atoms with Gasteiger partial charge in [-0.05, 0) is 6.92 Å². The molecule has 0 saturated heterocycles. The molecule has 0 spiro atoms. The molecular weight excluding hydrogens is 289 g/mol. The second kappa shape index (κ2) is 4.54. The lowest BCUT2D eigenvalue weighted by atomic mass is 10.2. The van der Waals surface area contributed by atoms with Crippen molar-refractivity contribution in [1.82, 2.24) is 15.0 Å². The number of nitrogens with zero attached hydrogens (tertiary/aromatic N) is 3. The summed E-state index contributed by atoms with van der Waals surface area (Å²) in [5.74, 6) is -12.5. The highest BCUT2D eigenvalue weighted by atomic mass is 19.2. The lowest BCUT2D eigenvalue weighted by Gasteiger charge is -2.08. The fraction of sp³-hybridized carbons (Fsp3) is 0.100. The van der Waals surface area contributed by atoms with E-state index in [4.69, 9.17) is 5.11 Å².